The summed E-state index contributed by atoms with van der Waals surface area (Å²) in [6.07, 6.45) is 5.75. The van der Waals surface area contributed by atoms with Gasteiger partial charge in [-0.15, -0.1) is 0 Å². The first kappa shape index (κ1) is 17.3. The molecule has 0 radical (unpaired) electrons. The molecule has 2 aromatic rings. The fraction of sp³-hybridized carbons (Fsp3) is 0.435. The topological polar surface area (TPSA) is 23.6 Å². The Labute approximate surface area is 156 Å². The average molecular weight is 348 g/mol. The molecule has 2 aliphatic rings. The number of amides is 1. The second kappa shape index (κ2) is 7.63. The molecule has 1 fully saturated rings. The number of likely N-dealkylation sites (tertiary alicyclic amines) is 1. The van der Waals surface area contributed by atoms with E-state index in [9.17, 15) is 4.79 Å². The van der Waals surface area contributed by atoms with Crippen LogP contribution in [0.5, 0.6) is 0 Å². The lowest BCUT2D eigenvalue weighted by molar-refractivity contribution is -0.118. The maximum absolute atomic E-state index is 11.1. The molecule has 1 unspecified atom stereocenters. The van der Waals surface area contributed by atoms with Crippen molar-refractivity contribution in [2.24, 2.45) is 0 Å². The number of hydrogen-bond donors (Lipinski definition) is 0. The molecule has 2 aromatic carbocycles. The summed E-state index contributed by atoms with van der Waals surface area (Å²) in [5.74, 6) is 0. The first-order valence-corrected chi connectivity index (χ1v) is 9.87. The summed E-state index contributed by atoms with van der Waals surface area (Å²) in [6.45, 7) is 6.34. The highest BCUT2D eigenvalue weighted by molar-refractivity contribution is 5.65. The summed E-state index contributed by atoms with van der Waals surface area (Å²) in [5.41, 5.74) is 6.58. The molecule has 1 amide bonds. The van der Waals surface area contributed by atoms with Crippen molar-refractivity contribution in [2.45, 2.75) is 45.2 Å². The van der Waals surface area contributed by atoms with E-state index in [1.54, 1.807) is 0 Å². The Bertz CT molecular complexity index is 768. The van der Waals surface area contributed by atoms with Gasteiger partial charge in [0.15, 0.2) is 0 Å². The molecular weight excluding hydrogens is 320 g/mol. The zero-order valence-electron chi connectivity index (χ0n) is 15.7. The molecule has 0 spiro atoms. The van der Waals surface area contributed by atoms with E-state index in [0.717, 1.165) is 38.4 Å². The SMILES string of the molecule is CC1CCCN1CCc1ccc(-c2ccc3c(c2)CN(C=O)CC3)cc1. The molecule has 4 rings (SSSR count). The van der Waals surface area contributed by atoms with Crippen LogP contribution < -0.4 is 0 Å². The summed E-state index contributed by atoms with van der Waals surface area (Å²) in [5, 5.41) is 0. The van der Waals surface area contributed by atoms with Crippen molar-refractivity contribution in [3.8, 4) is 11.1 Å². The Balaban J connectivity index is 1.44. The number of fused-ring (bicyclic) bond motifs is 1. The van der Waals surface area contributed by atoms with Crippen LogP contribution in [0.4, 0.5) is 0 Å². The summed E-state index contributed by atoms with van der Waals surface area (Å²) in [6, 6.07) is 16.5. The van der Waals surface area contributed by atoms with Gasteiger partial charge in [0.05, 0.1) is 0 Å². The van der Waals surface area contributed by atoms with Crippen LogP contribution in [0.3, 0.4) is 0 Å². The first-order chi connectivity index (χ1) is 12.7. The Morgan fingerprint density at radius 1 is 1.04 bits per heavy atom. The van der Waals surface area contributed by atoms with E-state index in [1.165, 1.54) is 53.7 Å². The molecule has 1 atom stereocenters. The van der Waals surface area contributed by atoms with Crippen LogP contribution in [0.25, 0.3) is 11.1 Å². The largest absolute Gasteiger partial charge is 0.341 e. The van der Waals surface area contributed by atoms with Gasteiger partial charge in [0.2, 0.25) is 6.41 Å². The highest BCUT2D eigenvalue weighted by atomic mass is 16.1. The van der Waals surface area contributed by atoms with Crippen LogP contribution in [-0.4, -0.2) is 41.9 Å². The van der Waals surface area contributed by atoms with Crippen LogP contribution in [-0.2, 0) is 24.2 Å². The Morgan fingerprint density at radius 3 is 2.58 bits per heavy atom. The minimum absolute atomic E-state index is 0.735. The number of carbonyl (C=O) groups excluding carboxylic acids is 1. The van der Waals surface area contributed by atoms with Crippen LogP contribution in [0, 0.1) is 0 Å². The molecule has 0 saturated carbocycles. The lowest BCUT2D eigenvalue weighted by Gasteiger charge is -2.25. The summed E-state index contributed by atoms with van der Waals surface area (Å²) >= 11 is 0. The first-order valence-electron chi connectivity index (χ1n) is 9.87. The number of nitrogens with zero attached hydrogens (tertiary/aromatic N) is 2. The standard InChI is InChI=1S/C23H28N2O/c1-18-3-2-12-25(18)14-10-19-4-6-20(7-5-19)22-9-8-21-11-13-24(17-26)16-23(21)15-22/h4-9,15,17-18H,2-3,10-14,16H2,1H3. The van der Waals surface area contributed by atoms with E-state index >= 15 is 0 Å². The van der Waals surface area contributed by atoms with Gasteiger partial charge in [0.1, 0.15) is 0 Å². The molecule has 26 heavy (non-hydrogen) atoms. The number of benzene rings is 2. The third-order valence-corrected chi connectivity index (χ3v) is 6.06. The molecule has 0 N–H and O–H groups in total. The fourth-order valence-corrected chi connectivity index (χ4v) is 4.31. The molecule has 3 heteroatoms. The molecule has 0 bridgehead atoms. The maximum Gasteiger partial charge on any atom is 0.210 e. The second-order valence-corrected chi connectivity index (χ2v) is 7.78. The minimum Gasteiger partial charge on any atom is -0.341 e. The molecule has 136 valence electrons. The highest BCUT2D eigenvalue weighted by Crippen LogP contribution is 2.26. The predicted octanol–water partition coefficient (Wildman–Crippen LogP) is 3.89. The number of carbonyl (C=O) groups is 1. The van der Waals surface area contributed by atoms with Gasteiger partial charge in [0, 0.05) is 25.7 Å². The van der Waals surface area contributed by atoms with Gasteiger partial charge in [-0.1, -0.05) is 36.4 Å². The summed E-state index contributed by atoms with van der Waals surface area (Å²) in [7, 11) is 0. The molecule has 2 aliphatic heterocycles. The highest BCUT2D eigenvalue weighted by Gasteiger charge is 2.19. The lowest BCUT2D eigenvalue weighted by atomic mass is 9.94. The summed E-state index contributed by atoms with van der Waals surface area (Å²) < 4.78 is 0. The van der Waals surface area contributed by atoms with Gasteiger partial charge in [0.25, 0.3) is 0 Å². The fourth-order valence-electron chi connectivity index (χ4n) is 4.31. The molecule has 2 heterocycles. The normalized spacial score (nSPS) is 20.2. The van der Waals surface area contributed by atoms with Gasteiger partial charge >= 0.3 is 0 Å². The van der Waals surface area contributed by atoms with Crippen molar-refractivity contribution in [3.05, 3.63) is 59.2 Å². The van der Waals surface area contributed by atoms with E-state index in [1.807, 2.05) is 4.90 Å². The zero-order chi connectivity index (χ0) is 17.9. The Kier molecular flexibility index (Phi) is 5.07. The van der Waals surface area contributed by atoms with Gasteiger partial charge in [-0.05, 0) is 73.0 Å². The monoisotopic (exact) mass is 348 g/mol. The average Bonchev–Trinajstić information content (AvgIpc) is 3.10. The van der Waals surface area contributed by atoms with Crippen LogP contribution in [0.1, 0.15) is 36.5 Å². The van der Waals surface area contributed by atoms with E-state index in [-0.39, 0.29) is 0 Å². The second-order valence-electron chi connectivity index (χ2n) is 7.78. The van der Waals surface area contributed by atoms with E-state index < -0.39 is 0 Å². The van der Waals surface area contributed by atoms with Gasteiger partial charge in [-0.2, -0.15) is 0 Å². The summed E-state index contributed by atoms with van der Waals surface area (Å²) in [4.78, 5) is 15.5. The van der Waals surface area contributed by atoms with Gasteiger partial charge < -0.3 is 9.80 Å². The Morgan fingerprint density at radius 2 is 1.85 bits per heavy atom. The quantitative estimate of drug-likeness (QED) is 0.765. The molecule has 1 saturated heterocycles. The van der Waals surface area contributed by atoms with Crippen LogP contribution in [0.2, 0.25) is 0 Å². The van der Waals surface area contributed by atoms with Crippen molar-refractivity contribution >= 4 is 6.41 Å². The smallest absolute Gasteiger partial charge is 0.210 e. The van der Waals surface area contributed by atoms with E-state index in [0.29, 0.717) is 0 Å². The van der Waals surface area contributed by atoms with Crippen molar-refractivity contribution in [1.29, 1.82) is 0 Å². The van der Waals surface area contributed by atoms with Crippen LogP contribution in [0.15, 0.2) is 42.5 Å². The molecular formula is C23H28N2O. The third kappa shape index (κ3) is 3.68. The number of rotatable bonds is 5. The van der Waals surface area contributed by atoms with Crippen molar-refractivity contribution in [2.75, 3.05) is 19.6 Å². The van der Waals surface area contributed by atoms with E-state index in [2.05, 4.69) is 54.3 Å². The number of hydrogen-bond acceptors (Lipinski definition) is 2. The van der Waals surface area contributed by atoms with Gasteiger partial charge in [-0.3, -0.25) is 4.79 Å². The minimum atomic E-state index is 0.735. The van der Waals surface area contributed by atoms with Crippen molar-refractivity contribution in [1.82, 2.24) is 9.80 Å². The zero-order valence-corrected chi connectivity index (χ0v) is 15.7. The van der Waals surface area contributed by atoms with E-state index in [4.69, 9.17) is 0 Å². The third-order valence-electron chi connectivity index (χ3n) is 6.06. The van der Waals surface area contributed by atoms with Crippen LogP contribution >= 0.6 is 0 Å². The van der Waals surface area contributed by atoms with Gasteiger partial charge in [-0.25, -0.2) is 0 Å². The molecule has 0 aliphatic carbocycles. The van der Waals surface area contributed by atoms with Crippen molar-refractivity contribution in [3.63, 3.8) is 0 Å². The lowest BCUT2D eigenvalue weighted by Crippen LogP contribution is -2.29. The predicted molar refractivity (Wildman–Crippen MR) is 106 cm³/mol. The molecule has 3 nitrogen and oxygen atoms in total. The Hall–Kier alpha value is -2.13. The molecule has 0 aromatic heterocycles. The van der Waals surface area contributed by atoms with Crippen molar-refractivity contribution < 1.29 is 4.79 Å². The maximum atomic E-state index is 11.1.